The highest BCUT2D eigenvalue weighted by Crippen LogP contribution is 2.22. The molecule has 1 amide bonds. The minimum absolute atomic E-state index is 0.00835. The van der Waals surface area contributed by atoms with Crippen LogP contribution in [0, 0.1) is 0 Å². The van der Waals surface area contributed by atoms with E-state index < -0.39 is 12.7 Å². The van der Waals surface area contributed by atoms with Crippen LogP contribution in [0.5, 0.6) is 0 Å². The maximum Gasteiger partial charge on any atom is 0.401 e. The molecule has 1 aromatic rings. The Labute approximate surface area is 119 Å². The zero-order chi connectivity index (χ0) is 15.3. The van der Waals surface area contributed by atoms with E-state index in [0.29, 0.717) is 16.4 Å². The highest BCUT2D eigenvalue weighted by Gasteiger charge is 2.29. The van der Waals surface area contributed by atoms with E-state index in [1.165, 1.54) is 19.2 Å². The molecule has 0 unspecified atom stereocenters. The van der Waals surface area contributed by atoms with Crippen molar-refractivity contribution in [3.8, 4) is 0 Å². The molecule has 0 fully saturated rings. The Kier molecular flexibility index (Phi) is 5.64. The molecule has 0 radical (unpaired) electrons. The topological polar surface area (TPSA) is 58.4 Å². The number of rotatable bonds is 5. The maximum absolute atomic E-state index is 12.1. The van der Waals surface area contributed by atoms with Gasteiger partial charge in [0.2, 0.25) is 5.91 Å². The fourth-order valence-electron chi connectivity index (χ4n) is 1.52. The van der Waals surface area contributed by atoms with Crippen LogP contribution in [0.2, 0.25) is 5.02 Å². The largest absolute Gasteiger partial charge is 0.401 e. The number of carbonyl (C=O) groups excluding carboxylic acids is 1. The third kappa shape index (κ3) is 6.12. The molecule has 0 atom stereocenters. The molecule has 0 aliphatic rings. The molecule has 1 aromatic carbocycles. The zero-order valence-electron chi connectivity index (χ0n) is 10.8. The van der Waals surface area contributed by atoms with E-state index in [1.807, 2.05) is 0 Å². The number of hydrogen-bond donors (Lipinski definition) is 2. The number of nitrogen functional groups attached to an aromatic ring is 1. The molecule has 0 spiro atoms. The van der Waals surface area contributed by atoms with Crippen LogP contribution >= 0.6 is 11.6 Å². The van der Waals surface area contributed by atoms with Crippen LogP contribution in [-0.4, -0.2) is 37.1 Å². The quantitative estimate of drug-likeness (QED) is 0.822. The third-order valence-corrected chi connectivity index (χ3v) is 2.79. The summed E-state index contributed by atoms with van der Waals surface area (Å²) >= 11 is 5.73. The van der Waals surface area contributed by atoms with Crippen LogP contribution in [0.1, 0.15) is 6.42 Å². The Morgan fingerprint density at radius 2 is 2.10 bits per heavy atom. The van der Waals surface area contributed by atoms with Gasteiger partial charge < -0.3 is 11.1 Å². The molecule has 0 heterocycles. The summed E-state index contributed by atoms with van der Waals surface area (Å²) in [6.45, 7) is -1.04. The van der Waals surface area contributed by atoms with Crippen LogP contribution in [0.4, 0.5) is 24.5 Å². The summed E-state index contributed by atoms with van der Waals surface area (Å²) in [6.07, 6.45) is -4.31. The number of halogens is 4. The molecule has 0 saturated carbocycles. The molecule has 20 heavy (non-hydrogen) atoms. The van der Waals surface area contributed by atoms with E-state index >= 15 is 0 Å². The average molecular weight is 310 g/mol. The lowest BCUT2D eigenvalue weighted by atomic mass is 10.2. The third-order valence-electron chi connectivity index (χ3n) is 2.45. The van der Waals surface area contributed by atoms with Gasteiger partial charge in [-0.05, 0) is 25.2 Å². The number of nitrogens with zero attached hydrogens (tertiary/aromatic N) is 1. The Morgan fingerprint density at radius 1 is 1.45 bits per heavy atom. The predicted molar refractivity (Wildman–Crippen MR) is 72.7 cm³/mol. The Bertz CT molecular complexity index is 480. The summed E-state index contributed by atoms with van der Waals surface area (Å²) in [4.78, 5) is 12.6. The number of benzene rings is 1. The predicted octanol–water partition coefficient (Wildman–Crippen LogP) is 2.74. The van der Waals surface area contributed by atoms with Gasteiger partial charge in [0.15, 0.2) is 0 Å². The fraction of sp³-hybridized carbons (Fsp3) is 0.417. The van der Waals surface area contributed by atoms with Gasteiger partial charge in [-0.3, -0.25) is 9.69 Å². The van der Waals surface area contributed by atoms with E-state index in [2.05, 4.69) is 5.32 Å². The first-order chi connectivity index (χ1) is 9.17. The Balaban J connectivity index is 2.42. The van der Waals surface area contributed by atoms with Gasteiger partial charge in [0.1, 0.15) is 0 Å². The molecule has 0 saturated heterocycles. The van der Waals surface area contributed by atoms with Crippen molar-refractivity contribution in [1.29, 1.82) is 0 Å². The standard InChI is InChI=1S/C12H15ClF3N3O/c1-19(7-12(14,15)16)5-4-11(20)18-8-2-3-9(13)10(17)6-8/h2-3,6H,4-5,7,17H2,1H3,(H,18,20). The van der Waals surface area contributed by atoms with E-state index in [0.717, 1.165) is 4.90 Å². The molecule has 3 N–H and O–H groups in total. The number of carbonyl (C=O) groups is 1. The smallest absolute Gasteiger partial charge is 0.397 e. The van der Waals surface area contributed by atoms with Gasteiger partial charge in [-0.1, -0.05) is 11.6 Å². The first-order valence-electron chi connectivity index (χ1n) is 5.77. The van der Waals surface area contributed by atoms with E-state index in [4.69, 9.17) is 17.3 Å². The van der Waals surface area contributed by atoms with Crippen molar-refractivity contribution in [3.05, 3.63) is 23.2 Å². The molecule has 4 nitrogen and oxygen atoms in total. The second-order valence-electron chi connectivity index (χ2n) is 4.39. The fourth-order valence-corrected chi connectivity index (χ4v) is 1.64. The van der Waals surface area contributed by atoms with Crippen LogP contribution in [0.25, 0.3) is 0 Å². The van der Waals surface area contributed by atoms with Gasteiger partial charge in [0.25, 0.3) is 0 Å². The number of anilines is 2. The number of nitrogens with one attached hydrogen (secondary N) is 1. The summed E-state index contributed by atoms with van der Waals surface area (Å²) in [7, 11) is 1.31. The lowest BCUT2D eigenvalue weighted by molar-refractivity contribution is -0.144. The normalized spacial score (nSPS) is 11.7. The van der Waals surface area contributed by atoms with Crippen molar-refractivity contribution in [2.45, 2.75) is 12.6 Å². The highest BCUT2D eigenvalue weighted by atomic mass is 35.5. The van der Waals surface area contributed by atoms with Crippen molar-refractivity contribution in [2.75, 3.05) is 31.2 Å². The second-order valence-corrected chi connectivity index (χ2v) is 4.79. The molecule has 0 aliphatic carbocycles. The number of alkyl halides is 3. The highest BCUT2D eigenvalue weighted by molar-refractivity contribution is 6.33. The summed E-state index contributed by atoms with van der Waals surface area (Å²) in [5, 5.41) is 2.91. The molecular formula is C12H15ClF3N3O. The van der Waals surface area contributed by atoms with E-state index in [9.17, 15) is 18.0 Å². The maximum atomic E-state index is 12.1. The SMILES string of the molecule is CN(CCC(=O)Nc1ccc(Cl)c(N)c1)CC(F)(F)F. The molecule has 1 rings (SSSR count). The number of amides is 1. The van der Waals surface area contributed by atoms with Crippen LogP contribution < -0.4 is 11.1 Å². The molecular weight excluding hydrogens is 295 g/mol. The summed E-state index contributed by atoms with van der Waals surface area (Å²) in [5.74, 6) is -0.388. The van der Waals surface area contributed by atoms with E-state index in [1.54, 1.807) is 6.07 Å². The monoisotopic (exact) mass is 309 g/mol. The average Bonchev–Trinajstić information content (AvgIpc) is 2.29. The zero-order valence-corrected chi connectivity index (χ0v) is 11.6. The second kappa shape index (κ2) is 6.81. The Hall–Kier alpha value is -1.47. The van der Waals surface area contributed by atoms with Gasteiger partial charge in [-0.25, -0.2) is 0 Å². The number of nitrogens with two attached hydrogens (primary N) is 1. The first-order valence-corrected chi connectivity index (χ1v) is 6.15. The Morgan fingerprint density at radius 3 is 2.65 bits per heavy atom. The van der Waals surface area contributed by atoms with Crippen LogP contribution in [0.15, 0.2) is 18.2 Å². The van der Waals surface area contributed by atoms with Crippen molar-refractivity contribution in [2.24, 2.45) is 0 Å². The molecule has 0 bridgehead atoms. The van der Waals surface area contributed by atoms with Gasteiger partial charge in [-0.2, -0.15) is 13.2 Å². The molecule has 0 aliphatic heterocycles. The van der Waals surface area contributed by atoms with Crippen molar-refractivity contribution >= 4 is 28.9 Å². The van der Waals surface area contributed by atoms with Gasteiger partial charge in [0.05, 0.1) is 17.3 Å². The van der Waals surface area contributed by atoms with Crippen molar-refractivity contribution in [3.63, 3.8) is 0 Å². The van der Waals surface area contributed by atoms with Crippen molar-refractivity contribution < 1.29 is 18.0 Å². The van der Waals surface area contributed by atoms with Gasteiger partial charge >= 0.3 is 6.18 Å². The lowest BCUT2D eigenvalue weighted by Gasteiger charge is -2.18. The molecule has 8 heteroatoms. The first kappa shape index (κ1) is 16.6. The van der Waals surface area contributed by atoms with Gasteiger partial charge in [-0.15, -0.1) is 0 Å². The minimum Gasteiger partial charge on any atom is -0.397 e. The summed E-state index contributed by atoms with van der Waals surface area (Å²) in [6, 6.07) is 4.58. The van der Waals surface area contributed by atoms with Crippen molar-refractivity contribution in [1.82, 2.24) is 4.90 Å². The molecule has 0 aromatic heterocycles. The summed E-state index contributed by atoms with van der Waals surface area (Å²) in [5.41, 5.74) is 6.34. The van der Waals surface area contributed by atoms with Crippen LogP contribution in [0.3, 0.4) is 0 Å². The lowest BCUT2D eigenvalue weighted by Crippen LogP contribution is -2.33. The van der Waals surface area contributed by atoms with E-state index in [-0.39, 0.29) is 18.9 Å². The number of hydrogen-bond acceptors (Lipinski definition) is 3. The minimum atomic E-state index is -4.27. The summed E-state index contributed by atoms with van der Waals surface area (Å²) < 4.78 is 36.3. The van der Waals surface area contributed by atoms with Crippen LogP contribution in [-0.2, 0) is 4.79 Å². The van der Waals surface area contributed by atoms with Gasteiger partial charge in [0, 0.05) is 18.7 Å². The molecule has 112 valence electrons.